The van der Waals surface area contributed by atoms with Gasteiger partial charge in [-0.25, -0.2) is 0 Å². The van der Waals surface area contributed by atoms with Gasteiger partial charge in [-0.1, -0.05) is 74.9 Å². The number of hydrogen-bond donors (Lipinski definition) is 0. The Balaban J connectivity index is 6.26. The molecule has 0 nitrogen and oxygen atoms in total. The van der Waals surface area contributed by atoms with Crippen molar-refractivity contribution in [3.8, 4) is 0 Å². The van der Waals surface area contributed by atoms with E-state index in [1.165, 1.54) is 21.3 Å². The van der Waals surface area contributed by atoms with Crippen molar-refractivity contribution in [1.82, 2.24) is 0 Å². The molecule has 0 aromatic rings. The van der Waals surface area contributed by atoms with E-state index in [-0.39, 0.29) is 0 Å². The summed E-state index contributed by atoms with van der Waals surface area (Å²) in [5.74, 6) is 0. The molecule has 0 aliphatic rings. The molecule has 0 saturated carbocycles. The first-order valence-corrected chi connectivity index (χ1v) is 10.8. The van der Waals surface area contributed by atoms with Gasteiger partial charge in [0.05, 0.1) is 21.3 Å². The lowest BCUT2D eigenvalue weighted by Gasteiger charge is -2.32. The second kappa shape index (κ2) is 12.7. The molecule has 0 bridgehead atoms. The van der Waals surface area contributed by atoms with E-state index in [1.54, 1.807) is 0 Å². The van der Waals surface area contributed by atoms with Gasteiger partial charge in [-0.05, 0) is 27.7 Å². The first-order valence-electron chi connectivity index (χ1n) is 9.00. The maximum Gasteiger partial charge on any atom is 0.126 e. The Morgan fingerprint density at radius 1 is 0.520 bits per heavy atom. The lowest BCUT2D eigenvalue weighted by molar-refractivity contribution is 1.24. The maximum absolute atomic E-state index is 4.50. The molecule has 0 aromatic heterocycles. The van der Waals surface area contributed by atoms with Crippen LogP contribution >= 0.6 is 7.26 Å². The average Bonchev–Trinajstić information content (AvgIpc) is 2.61. The molecular formula is C24H36P+. The second-order valence-corrected chi connectivity index (χ2v) is 9.90. The van der Waals surface area contributed by atoms with Crippen LogP contribution in [0.15, 0.2) is 96.2 Å². The molecule has 0 fully saturated rings. The zero-order chi connectivity index (χ0) is 19.3. The highest BCUT2D eigenvalue weighted by atomic mass is 31.2. The van der Waals surface area contributed by atoms with Crippen LogP contribution in [0.3, 0.4) is 0 Å². The van der Waals surface area contributed by atoms with Gasteiger partial charge in [0.2, 0.25) is 0 Å². The van der Waals surface area contributed by atoms with Crippen LogP contribution in [0.2, 0.25) is 0 Å². The van der Waals surface area contributed by atoms with Gasteiger partial charge >= 0.3 is 0 Å². The van der Waals surface area contributed by atoms with E-state index in [2.05, 4.69) is 74.9 Å². The molecule has 0 amide bonds. The number of rotatable bonds is 12. The SMILES string of the molecule is C=C(C/C=C/C)[P+](C(=C)C/C=C/C)(C(=C)C/C=C/C)C(=C)C/C=C/C. The van der Waals surface area contributed by atoms with E-state index in [4.69, 9.17) is 0 Å². The van der Waals surface area contributed by atoms with E-state index in [0.717, 1.165) is 25.7 Å². The number of hydrogen-bond acceptors (Lipinski definition) is 0. The Hall–Kier alpha value is -1.65. The summed E-state index contributed by atoms with van der Waals surface area (Å²) < 4.78 is 0. The van der Waals surface area contributed by atoms with E-state index in [0.29, 0.717) is 0 Å². The molecule has 0 aromatic carbocycles. The largest absolute Gasteiger partial charge is 0.126 e. The van der Waals surface area contributed by atoms with Crippen LogP contribution in [-0.4, -0.2) is 0 Å². The molecular weight excluding hydrogens is 319 g/mol. The highest BCUT2D eigenvalue weighted by Gasteiger charge is 2.48. The molecule has 0 heterocycles. The highest BCUT2D eigenvalue weighted by Crippen LogP contribution is 2.83. The van der Waals surface area contributed by atoms with Crippen LogP contribution in [0.5, 0.6) is 0 Å². The van der Waals surface area contributed by atoms with E-state index >= 15 is 0 Å². The molecule has 25 heavy (non-hydrogen) atoms. The van der Waals surface area contributed by atoms with Crippen LogP contribution in [-0.2, 0) is 0 Å². The lowest BCUT2D eigenvalue weighted by Crippen LogP contribution is -2.05. The van der Waals surface area contributed by atoms with Gasteiger partial charge in [-0.15, -0.1) is 0 Å². The third-order valence-corrected chi connectivity index (χ3v) is 8.78. The van der Waals surface area contributed by atoms with E-state index in [9.17, 15) is 0 Å². The zero-order valence-corrected chi connectivity index (χ0v) is 17.6. The van der Waals surface area contributed by atoms with Gasteiger partial charge in [0.1, 0.15) is 7.26 Å². The Morgan fingerprint density at radius 3 is 0.880 bits per heavy atom. The van der Waals surface area contributed by atoms with Gasteiger partial charge < -0.3 is 0 Å². The molecule has 0 aliphatic carbocycles. The Bertz CT molecular complexity index is 484. The minimum absolute atomic E-state index is 0.850. The third-order valence-electron chi connectivity index (χ3n) is 4.25. The molecule has 0 radical (unpaired) electrons. The quantitative estimate of drug-likeness (QED) is 0.242. The molecule has 136 valence electrons. The van der Waals surface area contributed by atoms with Crippen LogP contribution in [0.4, 0.5) is 0 Å². The summed E-state index contributed by atoms with van der Waals surface area (Å²) in [5, 5.41) is 4.85. The Kier molecular flexibility index (Phi) is 11.8. The predicted molar refractivity (Wildman–Crippen MR) is 121 cm³/mol. The summed E-state index contributed by atoms with van der Waals surface area (Å²) in [6, 6.07) is 0. The van der Waals surface area contributed by atoms with Crippen LogP contribution in [0.25, 0.3) is 0 Å². The summed E-state index contributed by atoms with van der Waals surface area (Å²) in [6.45, 7) is 26.2. The Labute approximate surface area is 157 Å². The van der Waals surface area contributed by atoms with Crippen LogP contribution < -0.4 is 0 Å². The van der Waals surface area contributed by atoms with Crippen molar-refractivity contribution < 1.29 is 0 Å². The maximum atomic E-state index is 4.50. The predicted octanol–water partition coefficient (Wildman–Crippen LogP) is 8.92. The second-order valence-electron chi connectivity index (χ2n) is 6.03. The minimum Gasteiger partial charge on any atom is -0.0912 e. The van der Waals surface area contributed by atoms with Gasteiger partial charge in [0, 0.05) is 25.7 Å². The minimum atomic E-state index is -1.96. The van der Waals surface area contributed by atoms with E-state index < -0.39 is 7.26 Å². The molecule has 0 saturated heterocycles. The fourth-order valence-electron chi connectivity index (χ4n) is 2.90. The van der Waals surface area contributed by atoms with Crippen molar-refractivity contribution in [2.45, 2.75) is 53.4 Å². The summed E-state index contributed by atoms with van der Waals surface area (Å²) in [6.07, 6.45) is 20.4. The molecule has 0 N–H and O–H groups in total. The molecule has 0 unspecified atom stereocenters. The monoisotopic (exact) mass is 355 g/mol. The normalized spacial score (nSPS) is 12.6. The van der Waals surface area contributed by atoms with Gasteiger partial charge in [0.25, 0.3) is 0 Å². The summed E-state index contributed by atoms with van der Waals surface area (Å²) in [4.78, 5) is 0. The molecule has 0 aliphatic heterocycles. The fraction of sp³-hybridized carbons (Fsp3) is 0.333. The summed E-state index contributed by atoms with van der Waals surface area (Å²) in [7, 11) is -1.96. The fourth-order valence-corrected chi connectivity index (χ4v) is 7.11. The summed E-state index contributed by atoms with van der Waals surface area (Å²) in [5.41, 5.74) is 0. The molecule has 0 rings (SSSR count). The third kappa shape index (κ3) is 6.29. The van der Waals surface area contributed by atoms with Crippen LogP contribution in [0.1, 0.15) is 53.4 Å². The standard InChI is InChI=1S/C24H36P/c1-9-13-17-21(5)25(22(6)18-14-10-2,23(7)19-15-11-3)24(8)20-16-12-4/h9-16H,5-8,17-20H2,1-4H3/q+1/b13-9+,14-10+,15-11+,16-12+. The average molecular weight is 356 g/mol. The first-order chi connectivity index (χ1) is 11.9. The number of allylic oxidation sites excluding steroid dienone is 12. The smallest absolute Gasteiger partial charge is 0.0912 e. The Morgan fingerprint density at radius 2 is 0.720 bits per heavy atom. The summed E-state index contributed by atoms with van der Waals surface area (Å²) >= 11 is 0. The molecule has 0 atom stereocenters. The van der Waals surface area contributed by atoms with Crippen molar-refractivity contribution in [3.05, 3.63) is 96.2 Å². The van der Waals surface area contributed by atoms with Crippen molar-refractivity contribution in [3.63, 3.8) is 0 Å². The van der Waals surface area contributed by atoms with Crippen molar-refractivity contribution in [1.29, 1.82) is 0 Å². The van der Waals surface area contributed by atoms with Crippen molar-refractivity contribution in [2.75, 3.05) is 0 Å². The van der Waals surface area contributed by atoms with Gasteiger partial charge in [0.15, 0.2) is 0 Å². The first kappa shape index (κ1) is 23.4. The van der Waals surface area contributed by atoms with Crippen LogP contribution in [0, 0.1) is 0 Å². The van der Waals surface area contributed by atoms with E-state index in [1.807, 2.05) is 27.7 Å². The topological polar surface area (TPSA) is 0 Å². The van der Waals surface area contributed by atoms with Crippen molar-refractivity contribution in [2.24, 2.45) is 0 Å². The van der Waals surface area contributed by atoms with Gasteiger partial charge in [-0.2, -0.15) is 0 Å². The molecule has 1 heteroatoms. The zero-order valence-electron chi connectivity index (χ0n) is 16.7. The highest BCUT2D eigenvalue weighted by molar-refractivity contribution is 7.90. The molecule has 0 spiro atoms. The lowest BCUT2D eigenvalue weighted by atomic mass is 10.3. The van der Waals surface area contributed by atoms with Gasteiger partial charge in [-0.3, -0.25) is 0 Å². The van der Waals surface area contributed by atoms with Crippen molar-refractivity contribution >= 4 is 7.26 Å².